The van der Waals surface area contributed by atoms with Crippen molar-refractivity contribution < 1.29 is 5.11 Å². The summed E-state index contributed by atoms with van der Waals surface area (Å²) < 4.78 is 2.22. The Bertz CT molecular complexity index is 537. The van der Waals surface area contributed by atoms with Gasteiger partial charge in [0.05, 0.1) is 0 Å². The molecule has 0 unspecified atom stereocenters. The number of hydrogen-bond acceptors (Lipinski definition) is 1. The van der Waals surface area contributed by atoms with Gasteiger partial charge in [-0.3, -0.25) is 0 Å². The first kappa shape index (κ1) is 11.2. The fourth-order valence-corrected chi connectivity index (χ4v) is 2.58. The van der Waals surface area contributed by atoms with E-state index in [1.165, 1.54) is 33.3 Å². The standard InChI is InChI=1S/C14H19NO/c1-9-7-10(2)14-12(5-6-16)11(3)15(4)13(14)8-9/h7-8,16H,5-6H2,1-4H3. The second-order valence-corrected chi connectivity index (χ2v) is 4.57. The van der Waals surface area contributed by atoms with Crippen LogP contribution in [0.3, 0.4) is 0 Å². The molecule has 0 aliphatic rings. The summed E-state index contributed by atoms with van der Waals surface area (Å²) in [5.41, 5.74) is 6.43. The molecule has 86 valence electrons. The molecule has 16 heavy (non-hydrogen) atoms. The maximum atomic E-state index is 9.15. The molecule has 2 nitrogen and oxygen atoms in total. The maximum absolute atomic E-state index is 9.15. The van der Waals surface area contributed by atoms with Crippen LogP contribution in [0, 0.1) is 20.8 Å². The lowest BCUT2D eigenvalue weighted by Crippen LogP contribution is -1.95. The van der Waals surface area contributed by atoms with Crippen molar-refractivity contribution in [1.82, 2.24) is 4.57 Å². The van der Waals surface area contributed by atoms with E-state index in [4.69, 9.17) is 5.11 Å². The minimum atomic E-state index is 0.216. The zero-order valence-corrected chi connectivity index (χ0v) is 10.5. The molecule has 0 radical (unpaired) electrons. The third-order valence-electron chi connectivity index (χ3n) is 3.42. The molecule has 0 spiro atoms. The van der Waals surface area contributed by atoms with E-state index in [2.05, 4.69) is 44.5 Å². The summed E-state index contributed by atoms with van der Waals surface area (Å²) in [6.45, 7) is 6.61. The van der Waals surface area contributed by atoms with Gasteiger partial charge in [0.2, 0.25) is 0 Å². The van der Waals surface area contributed by atoms with Gasteiger partial charge < -0.3 is 9.67 Å². The van der Waals surface area contributed by atoms with E-state index < -0.39 is 0 Å². The highest BCUT2D eigenvalue weighted by atomic mass is 16.2. The second kappa shape index (κ2) is 3.95. The molecule has 2 rings (SSSR count). The molecular formula is C14H19NO. The van der Waals surface area contributed by atoms with E-state index in [1.54, 1.807) is 0 Å². The summed E-state index contributed by atoms with van der Waals surface area (Å²) in [5, 5.41) is 10.5. The SMILES string of the molecule is Cc1cc(C)c2c(CCO)c(C)n(C)c2c1. The minimum absolute atomic E-state index is 0.216. The molecule has 2 heteroatoms. The zero-order chi connectivity index (χ0) is 11.9. The monoisotopic (exact) mass is 217 g/mol. The summed E-state index contributed by atoms with van der Waals surface area (Å²) in [7, 11) is 2.09. The third-order valence-corrected chi connectivity index (χ3v) is 3.42. The first-order chi connectivity index (χ1) is 7.56. The Hall–Kier alpha value is -1.28. The number of benzene rings is 1. The highest BCUT2D eigenvalue weighted by Gasteiger charge is 2.13. The molecule has 1 aromatic heterocycles. The number of aliphatic hydroxyl groups is 1. The topological polar surface area (TPSA) is 25.2 Å². The quantitative estimate of drug-likeness (QED) is 0.822. The van der Waals surface area contributed by atoms with Gasteiger partial charge in [0.1, 0.15) is 0 Å². The van der Waals surface area contributed by atoms with Crippen molar-refractivity contribution in [3.8, 4) is 0 Å². The lowest BCUT2D eigenvalue weighted by molar-refractivity contribution is 0.299. The molecule has 0 amide bonds. The molecule has 0 fully saturated rings. The summed E-state index contributed by atoms with van der Waals surface area (Å²) >= 11 is 0. The van der Waals surface area contributed by atoms with Crippen LogP contribution in [0.5, 0.6) is 0 Å². The zero-order valence-electron chi connectivity index (χ0n) is 10.5. The third kappa shape index (κ3) is 1.54. The van der Waals surface area contributed by atoms with Crippen LogP contribution in [0.1, 0.15) is 22.4 Å². The van der Waals surface area contributed by atoms with Crippen LogP contribution in [0.4, 0.5) is 0 Å². The van der Waals surface area contributed by atoms with Crippen molar-refractivity contribution >= 4 is 10.9 Å². The Labute approximate surface area is 96.5 Å². The van der Waals surface area contributed by atoms with E-state index in [1.807, 2.05) is 0 Å². The molecule has 0 saturated heterocycles. The van der Waals surface area contributed by atoms with Gasteiger partial charge in [-0.05, 0) is 49.9 Å². The Morgan fingerprint density at radius 3 is 2.50 bits per heavy atom. The average Bonchev–Trinajstić information content (AvgIpc) is 2.44. The molecule has 1 heterocycles. The van der Waals surface area contributed by atoms with Gasteiger partial charge in [-0.25, -0.2) is 0 Å². The highest BCUT2D eigenvalue weighted by molar-refractivity contribution is 5.89. The Morgan fingerprint density at radius 2 is 1.88 bits per heavy atom. The van der Waals surface area contributed by atoms with Gasteiger partial charge in [0.15, 0.2) is 0 Å². The molecule has 2 aromatic rings. The molecule has 0 saturated carbocycles. The molecule has 0 bridgehead atoms. The second-order valence-electron chi connectivity index (χ2n) is 4.57. The average molecular weight is 217 g/mol. The van der Waals surface area contributed by atoms with Crippen molar-refractivity contribution in [2.75, 3.05) is 6.61 Å². The number of aryl methyl sites for hydroxylation is 3. The van der Waals surface area contributed by atoms with Crippen LogP contribution >= 0.6 is 0 Å². The molecule has 0 atom stereocenters. The number of aromatic nitrogens is 1. The van der Waals surface area contributed by atoms with E-state index in [0.717, 1.165) is 6.42 Å². The van der Waals surface area contributed by atoms with Crippen LogP contribution in [0.25, 0.3) is 10.9 Å². The Balaban J connectivity index is 2.85. The van der Waals surface area contributed by atoms with E-state index >= 15 is 0 Å². The predicted octanol–water partition coefficient (Wildman–Crippen LogP) is 2.64. The van der Waals surface area contributed by atoms with Gasteiger partial charge in [0.25, 0.3) is 0 Å². The van der Waals surface area contributed by atoms with Crippen LogP contribution < -0.4 is 0 Å². The largest absolute Gasteiger partial charge is 0.396 e. The summed E-state index contributed by atoms with van der Waals surface area (Å²) in [6, 6.07) is 4.43. The van der Waals surface area contributed by atoms with E-state index in [0.29, 0.717) is 0 Å². The molecule has 0 aliphatic carbocycles. The van der Waals surface area contributed by atoms with Crippen LogP contribution in [0.2, 0.25) is 0 Å². The molecule has 1 aromatic carbocycles. The maximum Gasteiger partial charge on any atom is 0.0488 e. The van der Waals surface area contributed by atoms with Crippen molar-refractivity contribution in [1.29, 1.82) is 0 Å². The van der Waals surface area contributed by atoms with Crippen LogP contribution in [-0.2, 0) is 13.5 Å². The number of rotatable bonds is 2. The van der Waals surface area contributed by atoms with Crippen molar-refractivity contribution in [2.24, 2.45) is 7.05 Å². The van der Waals surface area contributed by atoms with E-state index in [9.17, 15) is 0 Å². The minimum Gasteiger partial charge on any atom is -0.396 e. The summed E-state index contributed by atoms with van der Waals surface area (Å²) in [5.74, 6) is 0. The number of hydrogen-bond donors (Lipinski definition) is 1. The number of aliphatic hydroxyl groups excluding tert-OH is 1. The van der Waals surface area contributed by atoms with Crippen molar-refractivity contribution in [2.45, 2.75) is 27.2 Å². The van der Waals surface area contributed by atoms with Crippen molar-refractivity contribution in [3.05, 3.63) is 34.5 Å². The lowest BCUT2D eigenvalue weighted by atomic mass is 10.0. The fourth-order valence-electron chi connectivity index (χ4n) is 2.58. The van der Waals surface area contributed by atoms with E-state index in [-0.39, 0.29) is 6.61 Å². The number of fused-ring (bicyclic) bond motifs is 1. The molecular weight excluding hydrogens is 198 g/mol. The fraction of sp³-hybridized carbons (Fsp3) is 0.429. The summed E-state index contributed by atoms with van der Waals surface area (Å²) in [4.78, 5) is 0. The normalized spacial score (nSPS) is 11.3. The van der Waals surface area contributed by atoms with Gasteiger partial charge in [0, 0.05) is 30.3 Å². The Morgan fingerprint density at radius 1 is 1.19 bits per heavy atom. The lowest BCUT2D eigenvalue weighted by Gasteiger charge is -2.03. The van der Waals surface area contributed by atoms with Gasteiger partial charge in [-0.2, -0.15) is 0 Å². The molecule has 1 N–H and O–H groups in total. The smallest absolute Gasteiger partial charge is 0.0488 e. The van der Waals surface area contributed by atoms with Gasteiger partial charge in [-0.15, -0.1) is 0 Å². The summed E-state index contributed by atoms with van der Waals surface area (Å²) in [6.07, 6.45) is 0.743. The number of nitrogens with zero attached hydrogens (tertiary/aromatic N) is 1. The predicted molar refractivity (Wildman–Crippen MR) is 67.9 cm³/mol. The molecule has 0 aliphatic heterocycles. The van der Waals surface area contributed by atoms with Gasteiger partial charge in [-0.1, -0.05) is 6.07 Å². The first-order valence-corrected chi connectivity index (χ1v) is 5.72. The Kier molecular flexibility index (Phi) is 2.76. The van der Waals surface area contributed by atoms with Crippen LogP contribution in [-0.4, -0.2) is 16.3 Å². The first-order valence-electron chi connectivity index (χ1n) is 5.72. The van der Waals surface area contributed by atoms with Gasteiger partial charge >= 0.3 is 0 Å². The highest BCUT2D eigenvalue weighted by Crippen LogP contribution is 2.29. The van der Waals surface area contributed by atoms with Crippen molar-refractivity contribution in [3.63, 3.8) is 0 Å². The van der Waals surface area contributed by atoms with Crippen LogP contribution in [0.15, 0.2) is 12.1 Å².